The molecule has 2 heteroatoms. The zero-order valence-corrected chi connectivity index (χ0v) is 11.8. The van der Waals surface area contributed by atoms with E-state index in [0.29, 0.717) is 11.5 Å². The molecule has 0 bridgehead atoms. The van der Waals surface area contributed by atoms with Gasteiger partial charge in [0.25, 0.3) is 0 Å². The Bertz CT molecular complexity index is 448. The van der Waals surface area contributed by atoms with Gasteiger partial charge in [0.15, 0.2) is 0 Å². The largest absolute Gasteiger partial charge is 0.384 e. The monoisotopic (exact) mass is 244 g/mol. The number of hydrogen-bond acceptors (Lipinski definition) is 2. The first-order valence-corrected chi connectivity index (χ1v) is 7.20. The Kier molecular flexibility index (Phi) is 2.86. The number of benzene rings is 1. The minimum atomic E-state index is 0.365. The maximum Gasteiger partial charge on any atom is 0.0380 e. The fourth-order valence-electron chi connectivity index (χ4n) is 3.58. The van der Waals surface area contributed by atoms with Crippen molar-refractivity contribution in [1.29, 1.82) is 0 Å². The van der Waals surface area contributed by atoms with Crippen LogP contribution < -0.4 is 5.32 Å². The third kappa shape index (κ3) is 1.83. The molecule has 1 aromatic carbocycles. The lowest BCUT2D eigenvalue weighted by atomic mass is 9.75. The number of nitrogens with zero attached hydrogens (tertiary/aromatic N) is 1. The third-order valence-electron chi connectivity index (χ3n) is 4.70. The average Bonchev–Trinajstić information content (AvgIpc) is 2.68. The van der Waals surface area contributed by atoms with Gasteiger partial charge in [-0.2, -0.15) is 0 Å². The van der Waals surface area contributed by atoms with Crippen LogP contribution in [0.5, 0.6) is 0 Å². The van der Waals surface area contributed by atoms with Gasteiger partial charge >= 0.3 is 0 Å². The van der Waals surface area contributed by atoms with Gasteiger partial charge in [-0.3, -0.25) is 4.90 Å². The highest BCUT2D eigenvalue weighted by molar-refractivity contribution is 5.61. The van der Waals surface area contributed by atoms with E-state index in [9.17, 15) is 0 Å². The van der Waals surface area contributed by atoms with Crippen LogP contribution in [0.15, 0.2) is 18.2 Å². The highest BCUT2D eigenvalue weighted by atomic mass is 15.2. The minimum Gasteiger partial charge on any atom is -0.384 e. The highest BCUT2D eigenvalue weighted by Gasteiger charge is 2.42. The molecule has 1 fully saturated rings. The molecule has 0 aromatic heterocycles. The molecular weight excluding hydrogens is 220 g/mol. The summed E-state index contributed by atoms with van der Waals surface area (Å²) < 4.78 is 0. The smallest absolute Gasteiger partial charge is 0.0380 e. The molecule has 1 aromatic rings. The first-order chi connectivity index (χ1) is 8.61. The van der Waals surface area contributed by atoms with Crippen molar-refractivity contribution in [3.63, 3.8) is 0 Å². The van der Waals surface area contributed by atoms with Crippen molar-refractivity contribution in [3.05, 3.63) is 29.3 Å². The Labute approximate surface area is 110 Å². The van der Waals surface area contributed by atoms with E-state index in [4.69, 9.17) is 0 Å². The Morgan fingerprint density at radius 1 is 1.33 bits per heavy atom. The summed E-state index contributed by atoms with van der Waals surface area (Å²) in [6.07, 6.45) is 2.66. The zero-order chi connectivity index (χ0) is 12.8. The van der Waals surface area contributed by atoms with Gasteiger partial charge in [0.05, 0.1) is 0 Å². The van der Waals surface area contributed by atoms with Crippen LogP contribution in [0.1, 0.15) is 37.8 Å². The molecule has 0 amide bonds. The Morgan fingerprint density at radius 3 is 2.94 bits per heavy atom. The summed E-state index contributed by atoms with van der Waals surface area (Å²) in [5.41, 5.74) is 4.68. The van der Waals surface area contributed by atoms with E-state index in [1.165, 1.54) is 37.2 Å². The van der Waals surface area contributed by atoms with Crippen LogP contribution in [-0.4, -0.2) is 30.6 Å². The maximum atomic E-state index is 3.62. The second-order valence-electron chi connectivity index (χ2n) is 6.35. The third-order valence-corrected chi connectivity index (χ3v) is 4.70. The molecule has 2 nitrogen and oxygen atoms in total. The molecule has 2 aliphatic heterocycles. The van der Waals surface area contributed by atoms with Gasteiger partial charge in [-0.1, -0.05) is 17.7 Å². The van der Waals surface area contributed by atoms with Gasteiger partial charge in [-0.05, 0) is 51.8 Å². The van der Waals surface area contributed by atoms with Crippen molar-refractivity contribution in [1.82, 2.24) is 4.90 Å². The number of likely N-dealkylation sites (tertiary alicyclic amines) is 1. The van der Waals surface area contributed by atoms with Crippen LogP contribution in [0.3, 0.4) is 0 Å². The maximum absolute atomic E-state index is 3.62. The number of piperidine rings is 1. The van der Waals surface area contributed by atoms with Crippen molar-refractivity contribution < 1.29 is 0 Å². The van der Waals surface area contributed by atoms with Gasteiger partial charge in [0, 0.05) is 30.2 Å². The minimum absolute atomic E-state index is 0.365. The normalized spacial score (nSPS) is 27.6. The first-order valence-electron chi connectivity index (χ1n) is 7.20. The Balaban J connectivity index is 1.96. The Morgan fingerprint density at radius 2 is 2.17 bits per heavy atom. The summed E-state index contributed by atoms with van der Waals surface area (Å²) in [5.74, 6) is 0. The second-order valence-corrected chi connectivity index (χ2v) is 6.35. The number of fused-ring (bicyclic) bond motifs is 2. The number of hydrogen-bond donors (Lipinski definition) is 1. The molecule has 3 rings (SSSR count). The second kappa shape index (κ2) is 4.27. The summed E-state index contributed by atoms with van der Waals surface area (Å²) in [7, 11) is 0. The van der Waals surface area contributed by atoms with E-state index in [-0.39, 0.29) is 0 Å². The number of anilines is 1. The molecule has 0 aliphatic carbocycles. The molecule has 0 radical (unpaired) electrons. The van der Waals surface area contributed by atoms with Crippen LogP contribution in [-0.2, 0) is 5.41 Å². The van der Waals surface area contributed by atoms with Gasteiger partial charge in [0.1, 0.15) is 0 Å². The molecule has 1 atom stereocenters. The van der Waals surface area contributed by atoms with Crippen LogP contribution in [0.25, 0.3) is 0 Å². The Hall–Kier alpha value is -1.02. The van der Waals surface area contributed by atoms with Gasteiger partial charge in [0.2, 0.25) is 0 Å². The van der Waals surface area contributed by atoms with E-state index < -0.39 is 0 Å². The van der Waals surface area contributed by atoms with Crippen molar-refractivity contribution >= 4 is 5.69 Å². The van der Waals surface area contributed by atoms with E-state index >= 15 is 0 Å². The van der Waals surface area contributed by atoms with Gasteiger partial charge in [-0.15, -0.1) is 0 Å². The molecular formula is C16H24N2. The van der Waals surface area contributed by atoms with Crippen LogP contribution in [0.4, 0.5) is 5.69 Å². The lowest BCUT2D eigenvalue weighted by Gasteiger charge is -2.42. The van der Waals surface area contributed by atoms with Crippen molar-refractivity contribution in [2.75, 3.05) is 25.0 Å². The standard InChI is InChI=1S/C16H24N2/c1-12(2)18-8-4-7-16(11-18)10-17-15-6-5-13(3)9-14(15)16/h5-6,9,12,17H,4,7-8,10-11H2,1-3H3. The predicted octanol–water partition coefficient (Wildman–Crippen LogP) is 3.16. The highest BCUT2D eigenvalue weighted by Crippen LogP contribution is 2.43. The molecule has 1 saturated heterocycles. The summed E-state index contributed by atoms with van der Waals surface area (Å²) in [4.78, 5) is 2.64. The SMILES string of the molecule is Cc1ccc2c(c1)C1(CCCN(C(C)C)C1)CN2. The topological polar surface area (TPSA) is 15.3 Å². The summed E-state index contributed by atoms with van der Waals surface area (Å²) >= 11 is 0. The van der Waals surface area contributed by atoms with E-state index in [1.54, 1.807) is 5.56 Å². The summed E-state index contributed by atoms with van der Waals surface area (Å²) in [6.45, 7) is 10.4. The molecule has 1 N–H and O–H groups in total. The van der Waals surface area contributed by atoms with Crippen molar-refractivity contribution in [2.45, 2.75) is 45.1 Å². The first kappa shape index (κ1) is 12.0. The van der Waals surface area contributed by atoms with Crippen LogP contribution in [0.2, 0.25) is 0 Å². The molecule has 1 spiro atoms. The number of nitrogens with one attached hydrogen (secondary N) is 1. The molecule has 98 valence electrons. The molecule has 2 heterocycles. The molecule has 18 heavy (non-hydrogen) atoms. The van der Waals surface area contributed by atoms with E-state index in [2.05, 4.69) is 49.2 Å². The molecule has 1 unspecified atom stereocenters. The quantitative estimate of drug-likeness (QED) is 0.816. The average molecular weight is 244 g/mol. The zero-order valence-electron chi connectivity index (χ0n) is 11.8. The van der Waals surface area contributed by atoms with E-state index in [1.807, 2.05) is 0 Å². The molecule has 2 aliphatic rings. The number of rotatable bonds is 1. The van der Waals surface area contributed by atoms with Crippen molar-refractivity contribution in [3.8, 4) is 0 Å². The molecule has 0 saturated carbocycles. The van der Waals surface area contributed by atoms with Crippen LogP contribution >= 0.6 is 0 Å². The van der Waals surface area contributed by atoms with Gasteiger partial charge in [-0.25, -0.2) is 0 Å². The fraction of sp³-hybridized carbons (Fsp3) is 0.625. The summed E-state index contributed by atoms with van der Waals surface area (Å²) in [5, 5.41) is 3.62. The predicted molar refractivity (Wildman–Crippen MR) is 77.3 cm³/mol. The fourth-order valence-corrected chi connectivity index (χ4v) is 3.58. The van der Waals surface area contributed by atoms with Crippen LogP contribution in [0, 0.1) is 6.92 Å². The van der Waals surface area contributed by atoms with E-state index in [0.717, 1.165) is 6.54 Å². The summed E-state index contributed by atoms with van der Waals surface area (Å²) in [6, 6.07) is 7.54. The lowest BCUT2D eigenvalue weighted by Crippen LogP contribution is -2.49. The van der Waals surface area contributed by atoms with Crippen molar-refractivity contribution in [2.24, 2.45) is 0 Å². The number of aryl methyl sites for hydroxylation is 1. The lowest BCUT2D eigenvalue weighted by molar-refractivity contribution is 0.125. The van der Waals surface area contributed by atoms with Gasteiger partial charge < -0.3 is 5.32 Å².